The minimum absolute atomic E-state index is 0. The number of hydrogen-bond acceptors (Lipinski definition) is 3. The number of amides is 1. The Kier molecular flexibility index (Phi) is 6.67. The van der Waals surface area contributed by atoms with E-state index in [2.05, 4.69) is 5.32 Å². The molecule has 1 aliphatic rings. The highest BCUT2D eigenvalue weighted by atomic mass is 35.5. The Hall–Kier alpha value is -1.31. The van der Waals surface area contributed by atoms with Crippen LogP contribution in [0.2, 0.25) is 0 Å². The molecule has 2 rings (SSSR count). The minimum Gasteiger partial charge on any atom is -0.327 e. The Morgan fingerprint density at radius 1 is 1.38 bits per heavy atom. The van der Waals surface area contributed by atoms with Crippen LogP contribution in [0.3, 0.4) is 0 Å². The zero-order valence-corrected chi connectivity index (χ0v) is 14.5. The number of alkyl halides is 3. The van der Waals surface area contributed by atoms with Crippen LogP contribution in [0.15, 0.2) is 24.3 Å². The van der Waals surface area contributed by atoms with Gasteiger partial charge in [0, 0.05) is 19.1 Å². The standard InChI is InChI=1S/C16H22F3N3O.ClH/c1-15(2)10-22(8-7-13(15)20)9-14(23)21-12-6-4-3-5-11(12)16(17,18)19;/h3-6,13H,7-10,20H2,1-2H3,(H,21,23);1H. The van der Waals surface area contributed by atoms with E-state index in [1.54, 1.807) is 0 Å². The second kappa shape index (κ2) is 7.72. The van der Waals surface area contributed by atoms with Crippen LogP contribution in [0.25, 0.3) is 0 Å². The lowest BCUT2D eigenvalue weighted by molar-refractivity contribution is -0.137. The first kappa shape index (κ1) is 20.7. The second-order valence-corrected chi connectivity index (χ2v) is 6.69. The van der Waals surface area contributed by atoms with Gasteiger partial charge in [0.15, 0.2) is 0 Å². The number of rotatable bonds is 3. The van der Waals surface area contributed by atoms with Crippen molar-refractivity contribution in [1.29, 1.82) is 0 Å². The van der Waals surface area contributed by atoms with Crippen LogP contribution < -0.4 is 11.1 Å². The van der Waals surface area contributed by atoms with Gasteiger partial charge >= 0.3 is 6.18 Å². The van der Waals surface area contributed by atoms with Gasteiger partial charge in [0.25, 0.3) is 0 Å². The molecule has 8 heteroatoms. The molecule has 0 bridgehead atoms. The number of anilines is 1. The van der Waals surface area contributed by atoms with Crippen LogP contribution in [0.5, 0.6) is 0 Å². The van der Waals surface area contributed by atoms with Gasteiger partial charge in [0.2, 0.25) is 5.91 Å². The number of halogens is 4. The SMILES string of the molecule is CC1(C)CN(CC(=O)Nc2ccccc2C(F)(F)F)CCC1N.Cl. The molecule has 1 aliphatic heterocycles. The van der Waals surface area contributed by atoms with Crippen molar-refractivity contribution >= 4 is 24.0 Å². The van der Waals surface area contributed by atoms with Gasteiger partial charge in [0.05, 0.1) is 17.8 Å². The van der Waals surface area contributed by atoms with Crippen LogP contribution in [-0.2, 0) is 11.0 Å². The number of nitrogens with one attached hydrogen (secondary N) is 1. The van der Waals surface area contributed by atoms with E-state index in [0.717, 1.165) is 12.5 Å². The van der Waals surface area contributed by atoms with Crippen molar-refractivity contribution in [2.75, 3.05) is 25.0 Å². The molecule has 136 valence electrons. The molecule has 1 amide bonds. The number of benzene rings is 1. The van der Waals surface area contributed by atoms with Gasteiger partial charge in [-0.25, -0.2) is 0 Å². The molecular formula is C16H23ClF3N3O. The van der Waals surface area contributed by atoms with Gasteiger partial charge in [-0.15, -0.1) is 12.4 Å². The van der Waals surface area contributed by atoms with E-state index in [1.807, 2.05) is 18.7 Å². The number of nitrogens with zero attached hydrogens (tertiary/aromatic N) is 1. The van der Waals surface area contributed by atoms with E-state index in [1.165, 1.54) is 18.2 Å². The van der Waals surface area contributed by atoms with Crippen molar-refractivity contribution in [1.82, 2.24) is 4.90 Å². The maximum absolute atomic E-state index is 12.9. The summed E-state index contributed by atoms with van der Waals surface area (Å²) >= 11 is 0. The molecule has 1 aromatic rings. The highest BCUT2D eigenvalue weighted by molar-refractivity contribution is 5.93. The molecule has 1 saturated heterocycles. The number of carbonyl (C=O) groups excluding carboxylic acids is 1. The number of piperidine rings is 1. The van der Waals surface area contributed by atoms with E-state index >= 15 is 0 Å². The van der Waals surface area contributed by atoms with Crippen molar-refractivity contribution < 1.29 is 18.0 Å². The molecule has 4 nitrogen and oxygen atoms in total. The van der Waals surface area contributed by atoms with Crippen molar-refractivity contribution in [3.63, 3.8) is 0 Å². The monoisotopic (exact) mass is 365 g/mol. The number of hydrogen-bond donors (Lipinski definition) is 2. The summed E-state index contributed by atoms with van der Waals surface area (Å²) in [5.41, 5.74) is 4.87. The van der Waals surface area contributed by atoms with Gasteiger partial charge in [-0.2, -0.15) is 13.2 Å². The Bertz CT molecular complexity index is 578. The van der Waals surface area contributed by atoms with E-state index in [9.17, 15) is 18.0 Å². The van der Waals surface area contributed by atoms with Crippen LogP contribution in [0.4, 0.5) is 18.9 Å². The lowest BCUT2D eigenvalue weighted by Gasteiger charge is -2.42. The lowest BCUT2D eigenvalue weighted by atomic mass is 9.80. The predicted molar refractivity (Wildman–Crippen MR) is 90.1 cm³/mol. The Balaban J connectivity index is 0.00000288. The molecular weight excluding hydrogens is 343 g/mol. The molecule has 0 spiro atoms. The largest absolute Gasteiger partial charge is 0.418 e. The Morgan fingerprint density at radius 2 is 2.00 bits per heavy atom. The van der Waals surface area contributed by atoms with Crippen LogP contribution in [0, 0.1) is 5.41 Å². The molecule has 1 unspecified atom stereocenters. The fourth-order valence-electron chi connectivity index (χ4n) is 2.85. The van der Waals surface area contributed by atoms with Gasteiger partial charge in [-0.3, -0.25) is 9.69 Å². The summed E-state index contributed by atoms with van der Waals surface area (Å²) in [5, 5.41) is 2.37. The van der Waals surface area contributed by atoms with Crippen molar-refractivity contribution in [3.8, 4) is 0 Å². The number of likely N-dealkylation sites (tertiary alicyclic amines) is 1. The highest BCUT2D eigenvalue weighted by Gasteiger charge is 2.35. The number of para-hydroxylation sites is 1. The summed E-state index contributed by atoms with van der Waals surface area (Å²) in [6, 6.07) is 5.05. The summed E-state index contributed by atoms with van der Waals surface area (Å²) in [4.78, 5) is 14.0. The quantitative estimate of drug-likeness (QED) is 0.865. The Morgan fingerprint density at radius 3 is 2.58 bits per heavy atom. The van der Waals surface area contributed by atoms with Gasteiger partial charge in [-0.05, 0) is 24.0 Å². The zero-order valence-electron chi connectivity index (χ0n) is 13.7. The van der Waals surface area contributed by atoms with E-state index in [4.69, 9.17) is 5.73 Å². The molecule has 1 atom stereocenters. The van der Waals surface area contributed by atoms with Crippen molar-refractivity contribution in [3.05, 3.63) is 29.8 Å². The summed E-state index contributed by atoms with van der Waals surface area (Å²) in [7, 11) is 0. The van der Waals surface area contributed by atoms with Crippen LogP contribution in [0.1, 0.15) is 25.8 Å². The maximum Gasteiger partial charge on any atom is 0.418 e. The maximum atomic E-state index is 12.9. The molecule has 0 aromatic heterocycles. The van der Waals surface area contributed by atoms with Gasteiger partial charge < -0.3 is 11.1 Å². The first-order valence-corrected chi connectivity index (χ1v) is 7.53. The highest BCUT2D eigenvalue weighted by Crippen LogP contribution is 2.34. The third-order valence-electron chi connectivity index (χ3n) is 4.26. The molecule has 1 fully saturated rings. The summed E-state index contributed by atoms with van der Waals surface area (Å²) < 4.78 is 38.8. The molecule has 0 radical (unpaired) electrons. The molecule has 0 saturated carbocycles. The van der Waals surface area contributed by atoms with Gasteiger partial charge in [-0.1, -0.05) is 26.0 Å². The topological polar surface area (TPSA) is 58.4 Å². The summed E-state index contributed by atoms with van der Waals surface area (Å²) in [6.07, 6.45) is -3.73. The normalized spacial score (nSPS) is 21.0. The van der Waals surface area contributed by atoms with Crippen molar-refractivity contribution in [2.24, 2.45) is 11.1 Å². The average molecular weight is 366 g/mol. The second-order valence-electron chi connectivity index (χ2n) is 6.69. The first-order chi connectivity index (χ1) is 10.6. The van der Waals surface area contributed by atoms with Crippen LogP contribution >= 0.6 is 12.4 Å². The van der Waals surface area contributed by atoms with E-state index < -0.39 is 17.6 Å². The zero-order chi connectivity index (χ0) is 17.3. The molecule has 3 N–H and O–H groups in total. The predicted octanol–water partition coefficient (Wildman–Crippen LogP) is 3.12. The fourth-order valence-corrected chi connectivity index (χ4v) is 2.85. The average Bonchev–Trinajstić information content (AvgIpc) is 2.42. The van der Waals surface area contributed by atoms with E-state index in [-0.39, 0.29) is 36.1 Å². The van der Waals surface area contributed by atoms with Gasteiger partial charge in [0.1, 0.15) is 0 Å². The summed E-state index contributed by atoms with van der Waals surface area (Å²) in [5.74, 6) is -0.451. The van der Waals surface area contributed by atoms with E-state index in [0.29, 0.717) is 13.1 Å². The molecule has 1 aromatic carbocycles. The third-order valence-corrected chi connectivity index (χ3v) is 4.26. The Labute approximate surface area is 146 Å². The number of nitrogens with two attached hydrogens (primary N) is 1. The molecule has 0 aliphatic carbocycles. The third kappa shape index (κ3) is 5.09. The van der Waals surface area contributed by atoms with Crippen molar-refractivity contribution in [2.45, 2.75) is 32.5 Å². The molecule has 1 heterocycles. The first-order valence-electron chi connectivity index (χ1n) is 7.53. The summed E-state index contributed by atoms with van der Waals surface area (Å²) in [6.45, 7) is 5.42. The molecule has 24 heavy (non-hydrogen) atoms. The smallest absolute Gasteiger partial charge is 0.327 e. The fraction of sp³-hybridized carbons (Fsp3) is 0.562. The minimum atomic E-state index is -4.50. The van der Waals surface area contributed by atoms with Crippen LogP contribution in [-0.4, -0.2) is 36.5 Å². The number of carbonyl (C=O) groups is 1. The lowest BCUT2D eigenvalue weighted by Crippen LogP contribution is -2.53.